The second-order valence-electron chi connectivity index (χ2n) is 9.25. The van der Waals surface area contributed by atoms with Gasteiger partial charge < -0.3 is 14.4 Å². The van der Waals surface area contributed by atoms with Gasteiger partial charge in [0.15, 0.2) is 6.10 Å². The number of benzene rings is 1. The fraction of sp³-hybridized carbons (Fsp3) is 0.520. The van der Waals surface area contributed by atoms with Crippen LogP contribution < -0.4 is 4.74 Å². The van der Waals surface area contributed by atoms with Gasteiger partial charge in [-0.1, -0.05) is 6.07 Å². The van der Waals surface area contributed by atoms with Crippen LogP contribution in [-0.4, -0.2) is 58.3 Å². The summed E-state index contributed by atoms with van der Waals surface area (Å²) in [6.07, 6.45) is -0.679. The minimum atomic E-state index is -4.55. The number of hydrogen-bond acceptors (Lipinski definition) is 5. The Morgan fingerprint density at radius 3 is 2.59 bits per heavy atom. The number of pyridine rings is 1. The van der Waals surface area contributed by atoms with E-state index in [1.807, 2.05) is 31.2 Å². The summed E-state index contributed by atoms with van der Waals surface area (Å²) in [5.41, 5.74) is 2.18. The highest BCUT2D eigenvalue weighted by Gasteiger charge is 2.45. The summed E-state index contributed by atoms with van der Waals surface area (Å²) in [5, 5.41) is 0. The number of alkyl halides is 3. The average molecular weight is 478 g/mol. The van der Waals surface area contributed by atoms with E-state index in [-0.39, 0.29) is 5.54 Å². The molecular formula is C25H30F3N3O3. The Kier molecular flexibility index (Phi) is 7.02. The Labute approximate surface area is 197 Å². The zero-order valence-electron chi connectivity index (χ0n) is 19.5. The second-order valence-corrected chi connectivity index (χ2v) is 9.25. The van der Waals surface area contributed by atoms with Gasteiger partial charge in [0.05, 0.1) is 6.20 Å². The first-order chi connectivity index (χ1) is 16.1. The molecule has 2 aliphatic rings. The maximum absolute atomic E-state index is 12.7. The smallest absolute Gasteiger partial charge is 0.425 e. The number of likely N-dealkylation sites (tertiary alicyclic amines) is 2. The third-order valence-corrected chi connectivity index (χ3v) is 6.79. The topological polar surface area (TPSA) is 54.9 Å². The van der Waals surface area contributed by atoms with Gasteiger partial charge in [-0.25, -0.2) is 4.79 Å². The monoisotopic (exact) mass is 477 g/mol. The molecule has 0 bridgehead atoms. The highest BCUT2D eigenvalue weighted by atomic mass is 19.4. The van der Waals surface area contributed by atoms with Gasteiger partial charge >= 0.3 is 12.3 Å². The molecule has 1 aromatic carbocycles. The van der Waals surface area contributed by atoms with Crippen molar-refractivity contribution in [1.82, 2.24) is 14.8 Å². The molecule has 2 saturated heterocycles. The molecule has 0 radical (unpaired) electrons. The van der Waals surface area contributed by atoms with Crippen LogP contribution >= 0.6 is 0 Å². The molecule has 1 atom stereocenters. The number of rotatable bonds is 5. The number of halogens is 3. The van der Waals surface area contributed by atoms with Gasteiger partial charge in [0.25, 0.3) is 0 Å². The molecule has 2 aromatic rings. The molecule has 3 heterocycles. The average Bonchev–Trinajstić information content (AvgIpc) is 3.15. The highest BCUT2D eigenvalue weighted by Crippen LogP contribution is 2.40. The fourth-order valence-electron chi connectivity index (χ4n) is 4.94. The Bertz CT molecular complexity index is 992. The van der Waals surface area contributed by atoms with Crippen LogP contribution in [0.5, 0.6) is 11.5 Å². The minimum Gasteiger partial charge on any atom is -0.456 e. The van der Waals surface area contributed by atoms with E-state index >= 15 is 0 Å². The van der Waals surface area contributed by atoms with Gasteiger partial charge in [-0.05, 0) is 81.5 Å². The summed E-state index contributed by atoms with van der Waals surface area (Å²) >= 11 is 0. The number of piperidine rings is 1. The van der Waals surface area contributed by atoms with Crippen LogP contribution in [0.2, 0.25) is 0 Å². The molecule has 2 fully saturated rings. The first kappa shape index (κ1) is 24.3. The molecule has 34 heavy (non-hydrogen) atoms. The number of carbonyl (C=O) groups excluding carboxylic acids is 1. The van der Waals surface area contributed by atoms with E-state index in [0.717, 1.165) is 49.7 Å². The molecule has 4 rings (SSSR count). The van der Waals surface area contributed by atoms with Crippen molar-refractivity contribution >= 4 is 6.09 Å². The van der Waals surface area contributed by atoms with Crippen LogP contribution in [0.1, 0.15) is 43.7 Å². The van der Waals surface area contributed by atoms with E-state index in [4.69, 9.17) is 4.74 Å². The maximum Gasteiger partial charge on any atom is 0.425 e. The number of nitrogens with zero attached hydrogens (tertiary/aromatic N) is 3. The lowest BCUT2D eigenvalue weighted by molar-refractivity contribution is -0.200. The largest absolute Gasteiger partial charge is 0.456 e. The summed E-state index contributed by atoms with van der Waals surface area (Å²) in [4.78, 5) is 20.2. The zero-order chi connectivity index (χ0) is 24.3. The van der Waals surface area contributed by atoms with Gasteiger partial charge in [0.2, 0.25) is 0 Å². The predicted molar refractivity (Wildman–Crippen MR) is 121 cm³/mol. The number of amides is 1. The SMILES string of the molecule is Cc1cc(CN2CCCC23CCN(C(=O)OC(C)C(F)(F)F)CC3)cc(Oc2cccnc2)c1. The van der Waals surface area contributed by atoms with Gasteiger partial charge in [-0.15, -0.1) is 0 Å². The molecule has 1 amide bonds. The van der Waals surface area contributed by atoms with Crippen molar-refractivity contribution in [1.29, 1.82) is 0 Å². The van der Waals surface area contributed by atoms with E-state index in [1.54, 1.807) is 12.4 Å². The van der Waals surface area contributed by atoms with Crippen LogP contribution in [-0.2, 0) is 11.3 Å². The number of aryl methyl sites for hydroxylation is 1. The zero-order valence-corrected chi connectivity index (χ0v) is 19.5. The van der Waals surface area contributed by atoms with E-state index in [2.05, 4.69) is 20.7 Å². The third-order valence-electron chi connectivity index (χ3n) is 6.79. The van der Waals surface area contributed by atoms with Crippen LogP contribution in [0.3, 0.4) is 0 Å². The Balaban J connectivity index is 1.39. The lowest BCUT2D eigenvalue weighted by atomic mass is 9.85. The normalized spacial score (nSPS) is 19.3. The lowest BCUT2D eigenvalue weighted by Gasteiger charge is -2.45. The lowest BCUT2D eigenvalue weighted by Crippen LogP contribution is -2.53. The van der Waals surface area contributed by atoms with Gasteiger partial charge in [-0.2, -0.15) is 13.2 Å². The van der Waals surface area contributed by atoms with Crippen molar-refractivity contribution in [2.45, 2.75) is 63.9 Å². The van der Waals surface area contributed by atoms with Gasteiger partial charge in [-0.3, -0.25) is 9.88 Å². The van der Waals surface area contributed by atoms with Crippen LogP contribution in [0.15, 0.2) is 42.7 Å². The van der Waals surface area contributed by atoms with E-state index < -0.39 is 18.4 Å². The molecule has 9 heteroatoms. The molecule has 0 aliphatic carbocycles. The third kappa shape index (κ3) is 5.63. The number of hydrogen-bond donors (Lipinski definition) is 0. The maximum atomic E-state index is 12.7. The Hall–Kier alpha value is -2.81. The molecule has 1 spiro atoms. The molecule has 0 saturated carbocycles. The first-order valence-electron chi connectivity index (χ1n) is 11.6. The summed E-state index contributed by atoms with van der Waals surface area (Å²) in [6, 6.07) is 9.86. The van der Waals surface area contributed by atoms with Crippen LogP contribution in [0.4, 0.5) is 18.0 Å². The standard InChI is InChI=1S/C25H30F3N3O3/c1-18-13-20(15-22(14-18)34-21-5-3-9-29-16-21)17-31-10-4-6-24(31)7-11-30(12-8-24)23(32)33-19(2)25(26,27)28/h3,5,9,13-16,19H,4,6-8,10-12,17H2,1-2H3. The van der Waals surface area contributed by atoms with Crippen LogP contribution in [0, 0.1) is 6.92 Å². The van der Waals surface area contributed by atoms with Crippen LogP contribution in [0.25, 0.3) is 0 Å². The summed E-state index contributed by atoms with van der Waals surface area (Å²) in [5.74, 6) is 1.43. The molecular weight excluding hydrogens is 447 g/mol. The molecule has 184 valence electrons. The molecule has 1 aromatic heterocycles. The van der Waals surface area contributed by atoms with Crippen molar-refractivity contribution in [3.63, 3.8) is 0 Å². The summed E-state index contributed by atoms with van der Waals surface area (Å²) in [6.45, 7) is 5.37. The van der Waals surface area contributed by atoms with Crippen molar-refractivity contribution in [3.05, 3.63) is 53.9 Å². The summed E-state index contributed by atoms with van der Waals surface area (Å²) in [7, 11) is 0. The van der Waals surface area contributed by atoms with E-state index in [1.165, 1.54) is 4.90 Å². The van der Waals surface area contributed by atoms with E-state index in [9.17, 15) is 18.0 Å². The van der Waals surface area contributed by atoms with E-state index in [0.29, 0.717) is 31.7 Å². The predicted octanol–water partition coefficient (Wildman–Crippen LogP) is 5.70. The number of ether oxygens (including phenoxy) is 2. The molecule has 0 N–H and O–H groups in total. The Morgan fingerprint density at radius 2 is 1.91 bits per heavy atom. The van der Waals surface area contributed by atoms with Crippen molar-refractivity contribution in [2.24, 2.45) is 0 Å². The quantitative estimate of drug-likeness (QED) is 0.553. The van der Waals surface area contributed by atoms with Crippen molar-refractivity contribution < 1.29 is 27.4 Å². The fourth-order valence-corrected chi connectivity index (χ4v) is 4.94. The Morgan fingerprint density at radius 1 is 1.15 bits per heavy atom. The van der Waals surface area contributed by atoms with Gasteiger partial charge in [0, 0.05) is 31.4 Å². The highest BCUT2D eigenvalue weighted by molar-refractivity contribution is 5.68. The first-order valence-corrected chi connectivity index (χ1v) is 11.6. The molecule has 1 unspecified atom stereocenters. The van der Waals surface area contributed by atoms with Crippen molar-refractivity contribution in [2.75, 3.05) is 19.6 Å². The molecule has 6 nitrogen and oxygen atoms in total. The van der Waals surface area contributed by atoms with Gasteiger partial charge in [0.1, 0.15) is 11.5 Å². The second kappa shape index (κ2) is 9.82. The van der Waals surface area contributed by atoms with Crippen molar-refractivity contribution in [3.8, 4) is 11.5 Å². The summed E-state index contributed by atoms with van der Waals surface area (Å²) < 4.78 is 48.8. The number of carbonyl (C=O) groups is 1. The minimum absolute atomic E-state index is 0.0550. The number of aromatic nitrogens is 1. The molecule has 2 aliphatic heterocycles.